The van der Waals surface area contributed by atoms with Crippen molar-refractivity contribution in [2.45, 2.75) is 431 Å². The Morgan fingerprint density at radius 1 is 0.244 bits per heavy atom. The lowest BCUT2D eigenvalue weighted by molar-refractivity contribution is -0.167. The highest BCUT2D eigenvalue weighted by Gasteiger charge is 2.20. The fraction of sp³-hybridized carbons (Fsp3) is 0.908. The Kier molecular flexibility index (Phi) is 69.5. The summed E-state index contributed by atoms with van der Waals surface area (Å²) >= 11 is 0. The molecule has 0 aliphatic rings. The number of hydrogen-bond acceptors (Lipinski definition) is 6. The minimum Gasteiger partial charge on any atom is -0.462 e. The van der Waals surface area contributed by atoms with Crippen molar-refractivity contribution < 1.29 is 28.6 Å². The highest BCUT2D eigenvalue weighted by Crippen LogP contribution is 2.19. The van der Waals surface area contributed by atoms with E-state index in [9.17, 15) is 14.4 Å². The van der Waals surface area contributed by atoms with Gasteiger partial charge in [-0.1, -0.05) is 379 Å². The van der Waals surface area contributed by atoms with E-state index in [1.807, 2.05) is 0 Å². The number of allylic oxidation sites excluding steroid dienone is 4. The third-order valence-corrected chi connectivity index (χ3v) is 17.2. The second-order valence-corrected chi connectivity index (χ2v) is 25.6. The van der Waals surface area contributed by atoms with Gasteiger partial charge in [0, 0.05) is 19.3 Å². The van der Waals surface area contributed by atoms with Gasteiger partial charge in [0.25, 0.3) is 0 Å². The first kappa shape index (κ1) is 79.9. The Morgan fingerprint density at radius 3 is 0.671 bits per heavy atom. The summed E-state index contributed by atoms with van der Waals surface area (Å²) in [6.45, 7) is 6.70. The summed E-state index contributed by atoms with van der Waals surface area (Å²) in [4.78, 5) is 38.3. The molecular weight excluding hydrogens is 1010 g/mol. The molecular formula is C76H144O6. The van der Waals surface area contributed by atoms with E-state index in [4.69, 9.17) is 14.2 Å². The molecule has 0 aliphatic heterocycles. The first-order chi connectivity index (χ1) is 40.5. The third-order valence-electron chi connectivity index (χ3n) is 17.2. The minimum absolute atomic E-state index is 0.0634. The van der Waals surface area contributed by atoms with E-state index >= 15 is 0 Å². The van der Waals surface area contributed by atoms with E-state index in [0.717, 1.165) is 64.2 Å². The molecule has 6 nitrogen and oxygen atoms in total. The van der Waals surface area contributed by atoms with Crippen LogP contribution in [0.2, 0.25) is 0 Å². The molecule has 0 amide bonds. The lowest BCUT2D eigenvalue weighted by Gasteiger charge is -2.18. The predicted octanol–water partition coefficient (Wildman–Crippen LogP) is 25.7. The van der Waals surface area contributed by atoms with Gasteiger partial charge in [-0.3, -0.25) is 14.4 Å². The second-order valence-electron chi connectivity index (χ2n) is 25.6. The average Bonchev–Trinajstić information content (AvgIpc) is 3.48. The van der Waals surface area contributed by atoms with Crippen molar-refractivity contribution in [2.24, 2.45) is 0 Å². The van der Waals surface area contributed by atoms with Crippen LogP contribution in [0.1, 0.15) is 425 Å². The van der Waals surface area contributed by atoms with E-state index in [1.54, 1.807) is 0 Å². The maximum Gasteiger partial charge on any atom is 0.306 e. The zero-order valence-corrected chi connectivity index (χ0v) is 55.8. The quantitative estimate of drug-likeness (QED) is 0.0261. The van der Waals surface area contributed by atoms with Gasteiger partial charge in [-0.25, -0.2) is 0 Å². The Morgan fingerprint density at radius 2 is 0.439 bits per heavy atom. The molecule has 1 unspecified atom stereocenters. The van der Waals surface area contributed by atoms with E-state index in [2.05, 4.69) is 45.1 Å². The van der Waals surface area contributed by atoms with Crippen LogP contribution in [0.4, 0.5) is 0 Å². The van der Waals surface area contributed by atoms with Crippen molar-refractivity contribution in [3.63, 3.8) is 0 Å². The molecule has 0 fully saturated rings. The Bertz CT molecular complexity index is 1320. The van der Waals surface area contributed by atoms with Crippen LogP contribution < -0.4 is 0 Å². The van der Waals surface area contributed by atoms with Crippen LogP contribution in [0, 0.1) is 0 Å². The van der Waals surface area contributed by atoms with Gasteiger partial charge in [0.2, 0.25) is 0 Å². The fourth-order valence-corrected chi connectivity index (χ4v) is 11.6. The smallest absolute Gasteiger partial charge is 0.306 e. The molecule has 0 aromatic carbocycles. The van der Waals surface area contributed by atoms with Gasteiger partial charge in [0.1, 0.15) is 13.2 Å². The van der Waals surface area contributed by atoms with Gasteiger partial charge in [-0.2, -0.15) is 0 Å². The molecule has 82 heavy (non-hydrogen) atoms. The molecule has 0 aliphatic carbocycles. The summed E-state index contributed by atoms with van der Waals surface area (Å²) in [6.07, 6.45) is 88.2. The molecule has 0 saturated carbocycles. The fourth-order valence-electron chi connectivity index (χ4n) is 11.6. The Balaban J connectivity index is 4.04. The van der Waals surface area contributed by atoms with Gasteiger partial charge in [0.05, 0.1) is 0 Å². The lowest BCUT2D eigenvalue weighted by atomic mass is 10.0. The van der Waals surface area contributed by atoms with E-state index in [0.29, 0.717) is 19.3 Å². The van der Waals surface area contributed by atoms with Crippen LogP contribution in [-0.2, 0) is 28.6 Å². The van der Waals surface area contributed by atoms with Crippen LogP contribution in [0.15, 0.2) is 24.3 Å². The second kappa shape index (κ2) is 71.4. The maximum atomic E-state index is 12.9. The Hall–Kier alpha value is -2.11. The van der Waals surface area contributed by atoms with Gasteiger partial charge in [-0.05, 0) is 51.4 Å². The van der Waals surface area contributed by atoms with Crippen LogP contribution in [0.25, 0.3) is 0 Å². The molecule has 0 aromatic rings. The summed E-state index contributed by atoms with van der Waals surface area (Å²) in [5.41, 5.74) is 0. The summed E-state index contributed by atoms with van der Waals surface area (Å²) in [6, 6.07) is 0. The number of hydrogen-bond donors (Lipinski definition) is 0. The van der Waals surface area contributed by atoms with Crippen LogP contribution >= 0.6 is 0 Å². The zero-order valence-electron chi connectivity index (χ0n) is 55.8. The SMILES string of the molecule is CCCCCCC/C=C\C/C=C\CCCCCCCCCCCCCCCCCCCCCC(=O)OCC(COC(=O)CCCCCCCCCCC)OC(=O)CCCCCCCCCCCCCCCCCCCCCCCCCC. The average molecular weight is 1150 g/mol. The van der Waals surface area contributed by atoms with Crippen molar-refractivity contribution in [3.05, 3.63) is 24.3 Å². The predicted molar refractivity (Wildman–Crippen MR) is 358 cm³/mol. The molecule has 0 spiro atoms. The molecule has 0 saturated heterocycles. The van der Waals surface area contributed by atoms with Crippen LogP contribution in [0.3, 0.4) is 0 Å². The van der Waals surface area contributed by atoms with E-state index in [-0.39, 0.29) is 31.1 Å². The number of ether oxygens (including phenoxy) is 3. The summed E-state index contributed by atoms with van der Waals surface area (Å²) in [5, 5.41) is 0. The molecule has 6 heteroatoms. The molecule has 0 bridgehead atoms. The Labute approximate surface area is 513 Å². The normalized spacial score (nSPS) is 12.1. The number of carbonyl (C=O) groups is 3. The molecule has 0 radical (unpaired) electrons. The van der Waals surface area contributed by atoms with E-state index < -0.39 is 6.10 Å². The first-order valence-electron chi connectivity index (χ1n) is 37.3. The first-order valence-corrected chi connectivity index (χ1v) is 37.3. The van der Waals surface area contributed by atoms with Gasteiger partial charge < -0.3 is 14.2 Å². The van der Waals surface area contributed by atoms with Gasteiger partial charge in [0.15, 0.2) is 6.10 Å². The molecule has 0 aromatic heterocycles. The highest BCUT2D eigenvalue weighted by molar-refractivity contribution is 5.71. The summed E-state index contributed by atoms with van der Waals surface area (Å²) < 4.78 is 17.0. The topological polar surface area (TPSA) is 78.9 Å². The standard InChI is InChI=1S/C76H144O6/c1-4-7-10-13-16-19-21-23-25-27-29-31-33-35-36-37-38-39-40-41-43-44-46-48-50-52-54-57-60-63-66-69-75(78)81-72-73(71-80-74(77)68-65-62-59-56-18-15-12-9-6-3)82-76(79)70-67-64-61-58-55-53-51-49-47-45-42-34-32-30-28-26-24-22-20-17-14-11-8-5-2/h21,23,27,29,73H,4-20,22,24-26,28,30-72H2,1-3H3/b23-21-,29-27-. The van der Waals surface area contributed by atoms with Gasteiger partial charge in [-0.15, -0.1) is 0 Å². The maximum absolute atomic E-state index is 12.9. The van der Waals surface area contributed by atoms with Crippen molar-refractivity contribution in [2.75, 3.05) is 13.2 Å². The highest BCUT2D eigenvalue weighted by atomic mass is 16.6. The van der Waals surface area contributed by atoms with Crippen LogP contribution in [-0.4, -0.2) is 37.2 Å². The third kappa shape index (κ3) is 68.7. The molecule has 0 N–H and O–H groups in total. The van der Waals surface area contributed by atoms with Crippen molar-refractivity contribution in [1.82, 2.24) is 0 Å². The number of carbonyl (C=O) groups excluding carboxylic acids is 3. The number of rotatable bonds is 70. The zero-order chi connectivity index (χ0) is 59.2. The van der Waals surface area contributed by atoms with E-state index in [1.165, 1.54) is 321 Å². The number of unbranched alkanes of at least 4 members (excludes halogenated alkanes) is 55. The summed E-state index contributed by atoms with van der Waals surface area (Å²) in [5.74, 6) is -0.832. The minimum atomic E-state index is -0.765. The van der Waals surface area contributed by atoms with Gasteiger partial charge >= 0.3 is 17.9 Å². The molecule has 1 atom stereocenters. The number of esters is 3. The molecule has 0 rings (SSSR count). The monoisotopic (exact) mass is 1150 g/mol. The van der Waals surface area contributed by atoms with Crippen molar-refractivity contribution in [3.8, 4) is 0 Å². The van der Waals surface area contributed by atoms with Crippen molar-refractivity contribution >= 4 is 17.9 Å². The molecule has 0 heterocycles. The molecule has 484 valence electrons. The summed E-state index contributed by atoms with van der Waals surface area (Å²) in [7, 11) is 0. The largest absolute Gasteiger partial charge is 0.462 e. The lowest BCUT2D eigenvalue weighted by Crippen LogP contribution is -2.30. The van der Waals surface area contributed by atoms with Crippen LogP contribution in [0.5, 0.6) is 0 Å². The van der Waals surface area contributed by atoms with Crippen molar-refractivity contribution in [1.29, 1.82) is 0 Å².